The number of pyridine rings is 1. The van der Waals surface area contributed by atoms with Gasteiger partial charge in [-0.1, -0.05) is 20.8 Å². The van der Waals surface area contributed by atoms with Gasteiger partial charge < -0.3 is 11.1 Å². The monoisotopic (exact) mass is 253 g/mol. The van der Waals surface area contributed by atoms with E-state index in [1.807, 2.05) is 20.8 Å². The maximum Gasteiger partial charge on any atom is 0.253 e. The Morgan fingerprint density at radius 1 is 1.50 bits per heavy atom. The van der Waals surface area contributed by atoms with E-state index in [0.717, 1.165) is 6.20 Å². The average molecular weight is 253 g/mol. The molecule has 1 heterocycles. The second kappa shape index (κ2) is 5.91. The fraction of sp³-hybridized carbons (Fsp3) is 0.538. The fourth-order valence-electron chi connectivity index (χ4n) is 1.67. The van der Waals surface area contributed by atoms with Crippen LogP contribution in [0.4, 0.5) is 4.39 Å². The molecule has 18 heavy (non-hydrogen) atoms. The Labute approximate surface area is 107 Å². The number of rotatable bonds is 4. The summed E-state index contributed by atoms with van der Waals surface area (Å²) in [5.74, 6) is -0.843. The second-order valence-electron chi connectivity index (χ2n) is 5.36. The molecule has 1 aromatic heterocycles. The Bertz CT molecular complexity index is 415. The molecule has 0 saturated heterocycles. The van der Waals surface area contributed by atoms with E-state index in [0.29, 0.717) is 13.0 Å². The van der Waals surface area contributed by atoms with E-state index in [-0.39, 0.29) is 22.9 Å². The molecule has 3 N–H and O–H groups in total. The minimum Gasteiger partial charge on any atom is -0.349 e. The van der Waals surface area contributed by atoms with Crippen molar-refractivity contribution in [2.45, 2.75) is 33.2 Å². The summed E-state index contributed by atoms with van der Waals surface area (Å²) < 4.78 is 13.0. The molecule has 100 valence electrons. The van der Waals surface area contributed by atoms with Gasteiger partial charge in [0.05, 0.1) is 11.8 Å². The Morgan fingerprint density at radius 3 is 2.67 bits per heavy atom. The molecule has 0 saturated carbocycles. The summed E-state index contributed by atoms with van der Waals surface area (Å²) in [5, 5.41) is 2.88. The smallest absolute Gasteiger partial charge is 0.253 e. The Hall–Kier alpha value is -1.49. The van der Waals surface area contributed by atoms with Crippen molar-refractivity contribution >= 4 is 5.91 Å². The topological polar surface area (TPSA) is 68.0 Å². The van der Waals surface area contributed by atoms with Crippen LogP contribution in [0.25, 0.3) is 0 Å². The summed E-state index contributed by atoms with van der Waals surface area (Å²) in [7, 11) is 0. The van der Waals surface area contributed by atoms with Crippen molar-refractivity contribution in [2.24, 2.45) is 11.1 Å². The zero-order valence-corrected chi connectivity index (χ0v) is 11.0. The lowest BCUT2D eigenvalue weighted by atomic mass is 9.84. The van der Waals surface area contributed by atoms with E-state index in [4.69, 9.17) is 5.73 Å². The van der Waals surface area contributed by atoms with Crippen LogP contribution in [0.15, 0.2) is 18.5 Å². The van der Waals surface area contributed by atoms with Gasteiger partial charge in [-0.25, -0.2) is 4.39 Å². The summed E-state index contributed by atoms with van der Waals surface area (Å²) in [5.41, 5.74) is 5.66. The first kappa shape index (κ1) is 14.6. The van der Waals surface area contributed by atoms with Gasteiger partial charge in [0.25, 0.3) is 5.91 Å². The lowest BCUT2D eigenvalue weighted by Crippen LogP contribution is -2.44. The lowest BCUT2D eigenvalue weighted by molar-refractivity contribution is 0.0898. The highest BCUT2D eigenvalue weighted by atomic mass is 19.1. The number of hydrogen-bond acceptors (Lipinski definition) is 3. The highest BCUT2D eigenvalue weighted by molar-refractivity contribution is 5.94. The standard InChI is InChI=1S/C13H20FN3O/c1-13(2,3)11(4-5-15)17-12(18)9-6-10(14)8-16-7-9/h6-8,11H,4-5,15H2,1-3H3,(H,17,18). The highest BCUT2D eigenvalue weighted by Gasteiger charge is 2.25. The van der Waals surface area contributed by atoms with Gasteiger partial charge >= 0.3 is 0 Å². The molecule has 0 fully saturated rings. The average Bonchev–Trinajstić information content (AvgIpc) is 2.27. The highest BCUT2D eigenvalue weighted by Crippen LogP contribution is 2.21. The minimum atomic E-state index is -0.520. The molecule has 1 atom stereocenters. The molecule has 1 rings (SSSR count). The van der Waals surface area contributed by atoms with Crippen molar-refractivity contribution in [2.75, 3.05) is 6.54 Å². The van der Waals surface area contributed by atoms with Crippen LogP contribution in [0.2, 0.25) is 0 Å². The number of aromatic nitrogens is 1. The molecule has 0 radical (unpaired) electrons. The molecular formula is C13H20FN3O. The first-order valence-electron chi connectivity index (χ1n) is 5.96. The van der Waals surface area contributed by atoms with E-state index < -0.39 is 5.82 Å². The van der Waals surface area contributed by atoms with Crippen LogP contribution in [0.1, 0.15) is 37.6 Å². The first-order valence-corrected chi connectivity index (χ1v) is 5.96. The van der Waals surface area contributed by atoms with Gasteiger partial charge in [0.2, 0.25) is 0 Å². The summed E-state index contributed by atoms with van der Waals surface area (Å²) in [4.78, 5) is 15.6. The number of hydrogen-bond donors (Lipinski definition) is 2. The molecule has 1 unspecified atom stereocenters. The Balaban J connectivity index is 2.79. The maximum atomic E-state index is 13.0. The molecule has 4 nitrogen and oxygen atoms in total. The zero-order chi connectivity index (χ0) is 13.8. The fourth-order valence-corrected chi connectivity index (χ4v) is 1.67. The van der Waals surface area contributed by atoms with Crippen molar-refractivity contribution in [3.8, 4) is 0 Å². The van der Waals surface area contributed by atoms with Crippen LogP contribution in [0, 0.1) is 11.2 Å². The number of amides is 1. The molecule has 5 heteroatoms. The Kier molecular flexibility index (Phi) is 4.78. The van der Waals surface area contributed by atoms with Crippen molar-refractivity contribution < 1.29 is 9.18 Å². The van der Waals surface area contributed by atoms with Crippen molar-refractivity contribution in [3.63, 3.8) is 0 Å². The maximum absolute atomic E-state index is 13.0. The third-order valence-corrected chi connectivity index (χ3v) is 2.77. The van der Waals surface area contributed by atoms with Gasteiger partial charge in [-0.05, 0) is 24.4 Å². The summed E-state index contributed by atoms with van der Waals surface area (Å²) >= 11 is 0. The first-order chi connectivity index (χ1) is 8.34. The van der Waals surface area contributed by atoms with Crippen LogP contribution in [0.5, 0.6) is 0 Å². The molecule has 0 aliphatic heterocycles. The molecule has 0 bridgehead atoms. The van der Waals surface area contributed by atoms with E-state index in [2.05, 4.69) is 10.3 Å². The number of nitrogens with one attached hydrogen (secondary N) is 1. The number of carbonyl (C=O) groups is 1. The Morgan fingerprint density at radius 2 is 2.17 bits per heavy atom. The van der Waals surface area contributed by atoms with Gasteiger partial charge in [0.1, 0.15) is 5.82 Å². The van der Waals surface area contributed by atoms with Gasteiger partial charge in [0.15, 0.2) is 0 Å². The molecule has 0 aromatic carbocycles. The summed E-state index contributed by atoms with van der Waals surface area (Å²) in [6.07, 6.45) is 3.09. The minimum absolute atomic E-state index is 0.0572. The second-order valence-corrected chi connectivity index (χ2v) is 5.36. The van der Waals surface area contributed by atoms with Crippen LogP contribution in [-0.4, -0.2) is 23.5 Å². The largest absolute Gasteiger partial charge is 0.349 e. The number of halogens is 1. The van der Waals surface area contributed by atoms with Crippen molar-refractivity contribution in [3.05, 3.63) is 29.8 Å². The molecular weight excluding hydrogens is 233 g/mol. The predicted octanol–water partition coefficient (Wildman–Crippen LogP) is 1.71. The summed E-state index contributed by atoms with van der Waals surface area (Å²) in [6, 6.07) is 1.11. The van der Waals surface area contributed by atoms with Gasteiger partial charge in [-0.15, -0.1) is 0 Å². The zero-order valence-electron chi connectivity index (χ0n) is 11.0. The third kappa shape index (κ3) is 4.07. The van der Waals surface area contributed by atoms with E-state index >= 15 is 0 Å². The quantitative estimate of drug-likeness (QED) is 0.858. The van der Waals surface area contributed by atoms with Crippen molar-refractivity contribution in [1.82, 2.24) is 10.3 Å². The molecule has 1 aromatic rings. The van der Waals surface area contributed by atoms with Crippen LogP contribution < -0.4 is 11.1 Å². The molecule has 0 aliphatic rings. The third-order valence-electron chi connectivity index (χ3n) is 2.77. The van der Waals surface area contributed by atoms with Crippen LogP contribution in [-0.2, 0) is 0 Å². The summed E-state index contributed by atoms with van der Waals surface area (Å²) in [6.45, 7) is 6.57. The van der Waals surface area contributed by atoms with Gasteiger partial charge in [0, 0.05) is 12.2 Å². The van der Waals surface area contributed by atoms with Crippen LogP contribution >= 0.6 is 0 Å². The van der Waals surface area contributed by atoms with Crippen LogP contribution in [0.3, 0.4) is 0 Å². The molecule has 1 amide bonds. The molecule has 0 aliphatic carbocycles. The SMILES string of the molecule is CC(C)(C)C(CCN)NC(=O)c1cncc(F)c1. The van der Waals surface area contributed by atoms with E-state index in [9.17, 15) is 9.18 Å². The number of nitrogens with two attached hydrogens (primary N) is 1. The molecule has 0 spiro atoms. The van der Waals surface area contributed by atoms with Gasteiger partial charge in [-0.3, -0.25) is 9.78 Å². The van der Waals surface area contributed by atoms with Crippen molar-refractivity contribution in [1.29, 1.82) is 0 Å². The van der Waals surface area contributed by atoms with E-state index in [1.165, 1.54) is 12.3 Å². The predicted molar refractivity (Wildman–Crippen MR) is 68.6 cm³/mol. The lowest BCUT2D eigenvalue weighted by Gasteiger charge is -2.31. The van der Waals surface area contributed by atoms with E-state index in [1.54, 1.807) is 0 Å². The van der Waals surface area contributed by atoms with Gasteiger partial charge in [-0.2, -0.15) is 0 Å². The number of nitrogens with zero attached hydrogens (tertiary/aromatic N) is 1. The number of carbonyl (C=O) groups excluding carboxylic acids is 1. The normalized spacial score (nSPS) is 13.2.